The largest absolute Gasteiger partial charge is 0.550 e. The zero-order valence-electron chi connectivity index (χ0n) is 20.4. The number of aliphatic hydroxyl groups excluding tert-OH is 2. The molecule has 13 nitrogen and oxygen atoms in total. The first-order valence-electron chi connectivity index (χ1n) is 10.1. The Hall–Kier alpha value is -1.39. The number of aliphatic carboxylic acids is 2. The van der Waals surface area contributed by atoms with Crippen molar-refractivity contribution in [2.45, 2.75) is 48.0 Å². The van der Waals surface area contributed by atoms with Gasteiger partial charge in [-0.25, -0.2) is 10.4 Å². The van der Waals surface area contributed by atoms with Gasteiger partial charge in [-0.2, -0.15) is 17.7 Å². The first-order valence-corrected chi connectivity index (χ1v) is 11.9. The van der Waals surface area contributed by atoms with Gasteiger partial charge in [0.05, 0.1) is 19.5 Å². The van der Waals surface area contributed by atoms with Gasteiger partial charge in [0.15, 0.2) is 0 Å². The van der Waals surface area contributed by atoms with Gasteiger partial charge in [-0.1, -0.05) is 6.92 Å². The lowest BCUT2D eigenvalue weighted by Gasteiger charge is -2.26. The third-order valence-corrected chi connectivity index (χ3v) is 3.68. The van der Waals surface area contributed by atoms with E-state index >= 15 is 0 Å². The molecule has 0 unspecified atom stereocenters. The number of carboxylic acid groups (broad SMARTS) is 2. The van der Waals surface area contributed by atoms with E-state index in [4.69, 9.17) is 24.7 Å². The van der Waals surface area contributed by atoms with Gasteiger partial charge < -0.3 is 30.0 Å². The lowest BCUT2D eigenvalue weighted by molar-refractivity contribution is -1.10. The first kappa shape index (κ1) is 40.9. The highest BCUT2D eigenvalue weighted by Crippen LogP contribution is 1.98. The zero-order valence-corrected chi connectivity index (χ0v) is 21.2. The van der Waals surface area contributed by atoms with E-state index < -0.39 is 22.1 Å². The molecule has 0 atom stereocenters. The second-order valence-corrected chi connectivity index (χ2v) is 7.77. The maximum atomic E-state index is 9.41. The predicted molar refractivity (Wildman–Crippen MR) is 114 cm³/mol. The van der Waals surface area contributed by atoms with Crippen molar-refractivity contribution in [3.63, 3.8) is 0 Å². The average molecular weight is 497 g/mol. The molecular formula is C18H44N2O11S. The molecule has 0 aliphatic heterocycles. The van der Waals surface area contributed by atoms with Crippen molar-refractivity contribution in [1.29, 1.82) is 0 Å². The molecule has 0 aliphatic rings. The third kappa shape index (κ3) is 51.3. The highest BCUT2D eigenvalue weighted by Gasteiger charge is 2.18. The molecule has 0 aromatic carbocycles. The van der Waals surface area contributed by atoms with E-state index in [9.17, 15) is 28.7 Å². The summed E-state index contributed by atoms with van der Waals surface area (Å²) in [5.74, 6) is -2.08. The number of likely N-dealkylation sites (N-methyl/N-ethyl adjacent to an activating group) is 2. The van der Waals surface area contributed by atoms with E-state index in [1.165, 1.54) is 6.92 Å². The molecule has 0 aromatic heterocycles. The highest BCUT2D eigenvalue weighted by molar-refractivity contribution is 7.85. The summed E-state index contributed by atoms with van der Waals surface area (Å²) in [4.78, 5) is 18.1. The van der Waals surface area contributed by atoms with E-state index in [1.807, 2.05) is 27.7 Å². The number of aliphatic hydroxyl groups is 2. The molecule has 0 amide bonds. The van der Waals surface area contributed by atoms with Gasteiger partial charge >= 0.3 is 0 Å². The summed E-state index contributed by atoms with van der Waals surface area (Å²) >= 11 is 0. The molecule has 0 aromatic rings. The number of carboxylic acids is 2. The van der Waals surface area contributed by atoms with Crippen LogP contribution in [0.1, 0.15) is 48.0 Å². The molecule has 14 heteroatoms. The number of hydroxylamine groups is 6. The molecule has 198 valence electrons. The Kier molecular flexibility index (Phi) is 31.0. The van der Waals surface area contributed by atoms with Crippen molar-refractivity contribution in [1.82, 2.24) is 0 Å². The van der Waals surface area contributed by atoms with Crippen LogP contribution in [0.5, 0.6) is 0 Å². The van der Waals surface area contributed by atoms with E-state index in [-0.39, 0.29) is 28.9 Å². The smallest absolute Gasteiger partial charge is 0.261 e. The van der Waals surface area contributed by atoms with Crippen LogP contribution in [0.15, 0.2) is 0 Å². The standard InChI is InChI=1S/2C6H16NO2.C3H6O2.C2H4O2.CH4O3S/c2*1-3-7(9,4-2)5-6-8;1-2-3(4)5;1-2(3)4;1-5(2,3)4/h2*8-9H,3-6H2,1-2H3;2H2,1H3,(H,4,5);1H3,(H,3,4);1H3,(H,2,3,4)/q2*+1;;;/p-2. The third-order valence-electron chi connectivity index (χ3n) is 3.68. The van der Waals surface area contributed by atoms with E-state index in [0.29, 0.717) is 45.5 Å². The van der Waals surface area contributed by atoms with Gasteiger partial charge in [-0.05, 0) is 41.0 Å². The fourth-order valence-electron chi connectivity index (χ4n) is 1.45. The number of carbonyl (C=O) groups is 2. The maximum Gasteiger partial charge on any atom is 0.261 e. The highest BCUT2D eigenvalue weighted by atomic mass is 32.2. The van der Waals surface area contributed by atoms with Crippen LogP contribution in [-0.4, -0.2) is 114 Å². The number of nitrogens with zero attached hydrogens (tertiary/aromatic N) is 2. The Balaban J connectivity index is -0.0000000989. The molecule has 0 bridgehead atoms. The van der Waals surface area contributed by atoms with Crippen molar-refractivity contribution < 1.29 is 62.7 Å². The SMILES string of the molecule is CC(=O)[O-].CCC(=O)[O-].CC[N+](O)(CC)CCO.CC[N+](O)(CC)CCO.CS(=O)(=O)O. The van der Waals surface area contributed by atoms with Crippen molar-refractivity contribution in [3.05, 3.63) is 0 Å². The Morgan fingerprint density at radius 2 is 0.938 bits per heavy atom. The Labute approximate surface area is 192 Å². The second-order valence-electron chi connectivity index (χ2n) is 6.30. The monoisotopic (exact) mass is 496 g/mol. The number of carbonyl (C=O) groups excluding carboxylic acids is 2. The van der Waals surface area contributed by atoms with E-state index in [2.05, 4.69) is 0 Å². The minimum atomic E-state index is -3.67. The van der Waals surface area contributed by atoms with Crippen LogP contribution in [0, 0.1) is 0 Å². The minimum absolute atomic E-state index is 0.0174. The van der Waals surface area contributed by atoms with Crippen LogP contribution >= 0.6 is 0 Å². The Morgan fingerprint density at radius 1 is 0.781 bits per heavy atom. The number of hydrogen-bond donors (Lipinski definition) is 5. The molecule has 0 fully saturated rings. The van der Waals surface area contributed by atoms with Gasteiger partial charge in [0.1, 0.15) is 39.3 Å². The number of rotatable bonds is 9. The predicted octanol–water partition coefficient (Wildman–Crippen LogP) is -2.14. The van der Waals surface area contributed by atoms with Crippen LogP contribution in [0.4, 0.5) is 0 Å². The van der Waals surface area contributed by atoms with Gasteiger partial charge in [-0.15, -0.1) is 0 Å². The molecule has 32 heavy (non-hydrogen) atoms. The molecule has 0 saturated carbocycles. The van der Waals surface area contributed by atoms with Gasteiger partial charge in [0.25, 0.3) is 10.1 Å². The van der Waals surface area contributed by atoms with Crippen molar-refractivity contribution in [3.8, 4) is 0 Å². The molecule has 0 aliphatic carbocycles. The van der Waals surface area contributed by atoms with Gasteiger partial charge in [0.2, 0.25) is 0 Å². The average Bonchev–Trinajstić information content (AvgIpc) is 2.67. The van der Waals surface area contributed by atoms with Crippen LogP contribution in [-0.2, 0) is 19.7 Å². The van der Waals surface area contributed by atoms with Gasteiger partial charge in [-0.3, -0.25) is 4.55 Å². The summed E-state index contributed by atoms with van der Waals surface area (Å²) in [6, 6.07) is 0. The molecular weight excluding hydrogens is 452 g/mol. The molecule has 5 N–H and O–H groups in total. The second kappa shape index (κ2) is 24.3. The topological polar surface area (TPSA) is 216 Å². The summed E-state index contributed by atoms with van der Waals surface area (Å²) in [6.07, 6.45) is 0.826. The fourth-order valence-corrected chi connectivity index (χ4v) is 1.45. The van der Waals surface area contributed by atoms with Crippen molar-refractivity contribution in [2.75, 3.05) is 58.7 Å². The Bertz CT molecular complexity index is 503. The van der Waals surface area contributed by atoms with Gasteiger partial charge in [0, 0.05) is 11.9 Å². The summed E-state index contributed by atoms with van der Waals surface area (Å²) in [5, 5.41) is 53.9. The van der Waals surface area contributed by atoms with Crippen LogP contribution in [0.3, 0.4) is 0 Å². The van der Waals surface area contributed by atoms with E-state index in [1.54, 1.807) is 0 Å². The quantitative estimate of drug-likeness (QED) is 0.132. The number of hydrogen-bond acceptors (Lipinski definition) is 10. The van der Waals surface area contributed by atoms with Crippen LogP contribution in [0.25, 0.3) is 0 Å². The summed E-state index contributed by atoms with van der Waals surface area (Å²) in [5.41, 5.74) is 0. The fraction of sp³-hybridized carbons (Fsp3) is 0.889. The summed E-state index contributed by atoms with van der Waals surface area (Å²) in [7, 11) is -3.67. The van der Waals surface area contributed by atoms with Crippen LogP contribution < -0.4 is 10.2 Å². The molecule has 0 rings (SSSR count). The molecule has 0 radical (unpaired) electrons. The van der Waals surface area contributed by atoms with Crippen LogP contribution in [0.2, 0.25) is 0 Å². The maximum absolute atomic E-state index is 9.41. The van der Waals surface area contributed by atoms with Crippen molar-refractivity contribution in [2.24, 2.45) is 0 Å². The molecule has 0 heterocycles. The lowest BCUT2D eigenvalue weighted by atomic mass is 10.5. The zero-order chi connectivity index (χ0) is 27.0. The molecule has 0 saturated heterocycles. The first-order chi connectivity index (χ1) is 14.4. The normalized spacial score (nSPS) is 10.5. The number of quaternary nitrogens is 2. The summed E-state index contributed by atoms with van der Waals surface area (Å²) in [6.45, 7) is 13.8. The van der Waals surface area contributed by atoms with E-state index in [0.717, 1.165) is 6.92 Å². The summed E-state index contributed by atoms with van der Waals surface area (Å²) < 4.78 is 25.8. The Morgan fingerprint density at radius 3 is 0.969 bits per heavy atom. The lowest BCUT2D eigenvalue weighted by Crippen LogP contribution is -2.46. The minimum Gasteiger partial charge on any atom is -0.550 e. The molecule has 0 spiro atoms. The van der Waals surface area contributed by atoms with Crippen molar-refractivity contribution >= 4 is 22.1 Å².